The minimum absolute atomic E-state index is 0.0530. The molecular weight excluding hydrogens is 293 g/mol. The number of hydrogen-bond acceptors (Lipinski definition) is 4. The number of halogens is 1. The molecule has 116 valence electrons. The number of rotatable bonds is 6. The monoisotopic (exact) mass is 313 g/mol. The van der Waals surface area contributed by atoms with E-state index in [9.17, 15) is 12.8 Å². The van der Waals surface area contributed by atoms with Gasteiger partial charge in [-0.1, -0.05) is 17.9 Å². The Hall–Kier alpha value is -1.42. The van der Waals surface area contributed by atoms with Crippen LogP contribution < -0.4 is 0 Å². The lowest BCUT2D eigenvalue weighted by Crippen LogP contribution is -2.24. The molecular formula is C15H20FNO3S. The highest BCUT2D eigenvalue weighted by Crippen LogP contribution is 2.11. The third-order valence-electron chi connectivity index (χ3n) is 2.79. The van der Waals surface area contributed by atoms with Gasteiger partial charge in [-0.15, -0.1) is 0 Å². The standard InChI is InChI=1S/C15H20FNO3S/c1-17(8-10-21(2,19)20)12-13-6-7-15(16)14(11-13)5-3-4-9-18/h6-7,11,18H,4,8-10,12H2,1-2H3. The van der Waals surface area contributed by atoms with Crippen molar-refractivity contribution in [3.63, 3.8) is 0 Å². The van der Waals surface area contributed by atoms with Crippen LogP contribution in [0.3, 0.4) is 0 Å². The molecule has 0 aromatic heterocycles. The van der Waals surface area contributed by atoms with Crippen LogP contribution in [-0.2, 0) is 16.4 Å². The second-order valence-electron chi connectivity index (χ2n) is 4.96. The van der Waals surface area contributed by atoms with Gasteiger partial charge in [0.05, 0.1) is 17.9 Å². The van der Waals surface area contributed by atoms with Crippen molar-refractivity contribution in [1.29, 1.82) is 0 Å². The molecule has 0 amide bonds. The normalized spacial score (nSPS) is 11.3. The van der Waals surface area contributed by atoms with Gasteiger partial charge in [0.15, 0.2) is 0 Å². The van der Waals surface area contributed by atoms with Gasteiger partial charge in [0.1, 0.15) is 15.7 Å². The number of aliphatic hydroxyl groups excluding tert-OH is 1. The predicted molar refractivity (Wildman–Crippen MR) is 81.0 cm³/mol. The fourth-order valence-corrected chi connectivity index (χ4v) is 2.34. The van der Waals surface area contributed by atoms with Crippen molar-refractivity contribution in [3.05, 3.63) is 35.1 Å². The maximum Gasteiger partial charge on any atom is 0.148 e. The SMILES string of the molecule is CN(CCS(C)(=O)=O)Cc1ccc(F)c(C#CCCO)c1. The molecule has 0 bridgehead atoms. The van der Waals surface area contributed by atoms with Gasteiger partial charge in [0, 0.05) is 25.8 Å². The fourth-order valence-electron chi connectivity index (χ4n) is 1.69. The lowest BCUT2D eigenvalue weighted by atomic mass is 10.1. The van der Waals surface area contributed by atoms with Crippen molar-refractivity contribution in [2.75, 3.05) is 32.2 Å². The number of hydrogen-bond donors (Lipinski definition) is 1. The smallest absolute Gasteiger partial charge is 0.148 e. The van der Waals surface area contributed by atoms with Crippen LogP contribution in [0.4, 0.5) is 4.39 Å². The summed E-state index contributed by atoms with van der Waals surface area (Å²) in [5, 5.41) is 8.66. The van der Waals surface area contributed by atoms with Crippen LogP contribution in [0.5, 0.6) is 0 Å². The van der Waals surface area contributed by atoms with Gasteiger partial charge in [-0.25, -0.2) is 12.8 Å². The number of nitrogens with zero attached hydrogens (tertiary/aromatic N) is 1. The van der Waals surface area contributed by atoms with E-state index in [0.717, 1.165) is 5.56 Å². The molecule has 1 aromatic rings. The molecule has 0 aliphatic heterocycles. The molecule has 0 saturated heterocycles. The molecule has 1 aromatic carbocycles. The molecule has 4 nitrogen and oxygen atoms in total. The first-order valence-corrected chi connectivity index (χ1v) is 8.62. The Morgan fingerprint density at radius 3 is 2.71 bits per heavy atom. The Morgan fingerprint density at radius 1 is 1.38 bits per heavy atom. The van der Waals surface area contributed by atoms with Gasteiger partial charge in [-0.05, 0) is 24.7 Å². The van der Waals surface area contributed by atoms with E-state index in [-0.39, 0.29) is 17.9 Å². The van der Waals surface area contributed by atoms with Gasteiger partial charge in [0.2, 0.25) is 0 Å². The van der Waals surface area contributed by atoms with Gasteiger partial charge in [0.25, 0.3) is 0 Å². The Bertz CT molecular complexity index is 632. The Labute approximate surface area is 125 Å². The highest BCUT2D eigenvalue weighted by Gasteiger charge is 2.07. The maximum absolute atomic E-state index is 13.6. The van der Waals surface area contributed by atoms with E-state index >= 15 is 0 Å². The van der Waals surface area contributed by atoms with Crippen LogP contribution in [0.25, 0.3) is 0 Å². The number of benzene rings is 1. The van der Waals surface area contributed by atoms with Gasteiger partial charge >= 0.3 is 0 Å². The Kier molecular flexibility index (Phi) is 6.82. The molecule has 0 unspecified atom stereocenters. The van der Waals surface area contributed by atoms with Gasteiger partial charge in [-0.3, -0.25) is 0 Å². The molecule has 0 radical (unpaired) electrons. The van der Waals surface area contributed by atoms with Crippen LogP contribution in [0.15, 0.2) is 18.2 Å². The largest absolute Gasteiger partial charge is 0.395 e. The molecule has 0 saturated carbocycles. The quantitative estimate of drug-likeness (QED) is 0.797. The van der Waals surface area contributed by atoms with Crippen LogP contribution in [-0.4, -0.2) is 50.6 Å². The second-order valence-corrected chi connectivity index (χ2v) is 7.22. The summed E-state index contributed by atoms with van der Waals surface area (Å²) in [4.78, 5) is 1.86. The molecule has 1 rings (SSSR count). The van der Waals surface area contributed by atoms with Crippen molar-refractivity contribution in [2.45, 2.75) is 13.0 Å². The Morgan fingerprint density at radius 2 is 2.10 bits per heavy atom. The summed E-state index contributed by atoms with van der Waals surface area (Å²) in [6.45, 7) is 0.884. The molecule has 21 heavy (non-hydrogen) atoms. The van der Waals surface area contributed by atoms with E-state index in [0.29, 0.717) is 19.5 Å². The zero-order valence-electron chi connectivity index (χ0n) is 12.3. The van der Waals surface area contributed by atoms with E-state index in [2.05, 4.69) is 11.8 Å². The number of sulfone groups is 1. The van der Waals surface area contributed by atoms with Crippen molar-refractivity contribution in [1.82, 2.24) is 4.90 Å². The van der Waals surface area contributed by atoms with E-state index in [1.807, 2.05) is 11.9 Å². The minimum Gasteiger partial charge on any atom is -0.395 e. The van der Waals surface area contributed by atoms with Crippen molar-refractivity contribution >= 4 is 9.84 Å². The summed E-state index contributed by atoms with van der Waals surface area (Å²) in [6.07, 6.45) is 1.51. The topological polar surface area (TPSA) is 57.6 Å². The average molecular weight is 313 g/mol. The summed E-state index contributed by atoms with van der Waals surface area (Å²) >= 11 is 0. The lowest BCUT2D eigenvalue weighted by Gasteiger charge is -2.16. The van der Waals surface area contributed by atoms with Crippen molar-refractivity contribution in [2.24, 2.45) is 0 Å². The first-order chi connectivity index (χ1) is 9.81. The first kappa shape index (κ1) is 17.6. The van der Waals surface area contributed by atoms with E-state index in [1.165, 1.54) is 12.3 Å². The van der Waals surface area contributed by atoms with Gasteiger partial charge in [-0.2, -0.15) is 0 Å². The van der Waals surface area contributed by atoms with Crippen LogP contribution >= 0.6 is 0 Å². The highest BCUT2D eigenvalue weighted by atomic mass is 32.2. The van der Waals surface area contributed by atoms with Crippen molar-refractivity contribution < 1.29 is 17.9 Å². The first-order valence-electron chi connectivity index (χ1n) is 6.56. The van der Waals surface area contributed by atoms with Crippen LogP contribution in [0.1, 0.15) is 17.5 Å². The summed E-state index contributed by atoms with van der Waals surface area (Å²) in [5.41, 5.74) is 1.15. The Balaban J connectivity index is 2.72. The highest BCUT2D eigenvalue weighted by molar-refractivity contribution is 7.90. The zero-order chi connectivity index (χ0) is 15.9. The van der Waals surface area contributed by atoms with Crippen LogP contribution in [0, 0.1) is 17.7 Å². The molecule has 0 fully saturated rings. The lowest BCUT2D eigenvalue weighted by molar-refractivity contribution is 0.305. The predicted octanol–water partition coefficient (Wildman–Crippen LogP) is 1.04. The fraction of sp³-hybridized carbons (Fsp3) is 0.467. The van der Waals surface area contributed by atoms with Gasteiger partial charge < -0.3 is 10.0 Å². The molecule has 0 aliphatic carbocycles. The minimum atomic E-state index is -2.99. The maximum atomic E-state index is 13.6. The van der Waals surface area contributed by atoms with E-state index in [4.69, 9.17) is 5.11 Å². The van der Waals surface area contributed by atoms with E-state index < -0.39 is 15.7 Å². The third-order valence-corrected chi connectivity index (χ3v) is 3.71. The van der Waals surface area contributed by atoms with E-state index in [1.54, 1.807) is 12.1 Å². The summed E-state index contributed by atoms with van der Waals surface area (Å²) in [6, 6.07) is 4.66. The second kappa shape index (κ2) is 8.13. The molecule has 6 heteroatoms. The average Bonchev–Trinajstić information content (AvgIpc) is 2.39. The molecule has 0 aliphatic rings. The summed E-state index contributed by atoms with van der Waals surface area (Å²) in [7, 11) is -1.18. The third kappa shape index (κ3) is 7.23. The molecule has 0 heterocycles. The zero-order valence-corrected chi connectivity index (χ0v) is 13.1. The number of aliphatic hydroxyl groups is 1. The summed E-state index contributed by atoms with van der Waals surface area (Å²) < 4.78 is 35.8. The van der Waals surface area contributed by atoms with Crippen LogP contribution in [0.2, 0.25) is 0 Å². The summed E-state index contributed by atoms with van der Waals surface area (Å²) in [5.74, 6) is 5.06. The molecule has 1 N–H and O–H groups in total. The molecule has 0 spiro atoms. The van der Waals surface area contributed by atoms with Crippen molar-refractivity contribution in [3.8, 4) is 11.8 Å². The molecule has 0 atom stereocenters.